The van der Waals surface area contributed by atoms with Crippen molar-refractivity contribution in [3.8, 4) is 5.75 Å². The van der Waals surface area contributed by atoms with Crippen molar-refractivity contribution in [3.63, 3.8) is 0 Å². The number of nitrogens with zero attached hydrogens (tertiary/aromatic N) is 2. The van der Waals surface area contributed by atoms with E-state index in [4.69, 9.17) is 9.47 Å². The van der Waals surface area contributed by atoms with Crippen LogP contribution in [0.3, 0.4) is 0 Å². The Morgan fingerprint density at radius 3 is 2.30 bits per heavy atom. The number of amides is 2. The van der Waals surface area contributed by atoms with Crippen LogP contribution in [-0.2, 0) is 16.1 Å². The predicted octanol–water partition coefficient (Wildman–Crippen LogP) is 1.94. The van der Waals surface area contributed by atoms with Gasteiger partial charge < -0.3 is 9.47 Å². The lowest BCUT2D eigenvalue weighted by atomic mass is 10.1. The molecule has 1 aliphatic rings. The maximum Gasteiger partial charge on any atom is 0.326 e. The summed E-state index contributed by atoms with van der Waals surface area (Å²) in [7, 11) is 1.38. The van der Waals surface area contributed by atoms with Gasteiger partial charge in [0.15, 0.2) is 0 Å². The van der Waals surface area contributed by atoms with Crippen LogP contribution in [0.1, 0.15) is 26.3 Å². The summed E-state index contributed by atoms with van der Waals surface area (Å²) in [5, 5.41) is 10.9. The van der Waals surface area contributed by atoms with Gasteiger partial charge >= 0.3 is 5.97 Å². The Morgan fingerprint density at radius 2 is 1.74 bits per heavy atom. The number of carbonyl (C=O) groups excluding carboxylic acids is 3. The summed E-state index contributed by atoms with van der Waals surface area (Å²) in [5.41, 5.74) is 0.580. The Kier molecular flexibility index (Phi) is 4.84. The number of carbonyl (C=O) groups is 3. The van der Waals surface area contributed by atoms with Gasteiger partial charge in [-0.05, 0) is 18.2 Å². The molecule has 0 spiro atoms. The lowest BCUT2D eigenvalue weighted by Crippen LogP contribution is -2.35. The van der Waals surface area contributed by atoms with Crippen LogP contribution >= 0.6 is 0 Å². The largest absolute Gasteiger partial charge is 0.496 e. The SMILES string of the molecule is COc1ccc([N+](=O)[O-])cc1COC(=O)CN1C(=O)c2ccccc2C1=O. The van der Waals surface area contributed by atoms with E-state index in [-0.39, 0.29) is 23.4 Å². The fourth-order valence-electron chi connectivity index (χ4n) is 2.71. The van der Waals surface area contributed by atoms with Gasteiger partial charge in [0.1, 0.15) is 18.9 Å². The first-order valence-corrected chi connectivity index (χ1v) is 7.84. The minimum absolute atomic E-state index is 0.179. The number of nitro benzene ring substituents is 1. The number of methoxy groups -OCH3 is 1. The molecular formula is C18H14N2O7. The number of hydrogen-bond acceptors (Lipinski definition) is 7. The maximum absolute atomic E-state index is 12.2. The normalized spacial score (nSPS) is 12.7. The molecule has 0 bridgehead atoms. The van der Waals surface area contributed by atoms with Gasteiger partial charge in [-0.1, -0.05) is 12.1 Å². The van der Waals surface area contributed by atoms with Crippen LogP contribution in [0, 0.1) is 10.1 Å². The van der Waals surface area contributed by atoms with Crippen molar-refractivity contribution in [3.05, 3.63) is 69.3 Å². The van der Waals surface area contributed by atoms with Crippen LogP contribution in [0.4, 0.5) is 5.69 Å². The molecule has 0 aliphatic carbocycles. The molecule has 0 N–H and O–H groups in total. The fraction of sp³-hybridized carbons (Fsp3) is 0.167. The zero-order valence-electron chi connectivity index (χ0n) is 14.2. The molecule has 0 saturated heterocycles. The molecule has 0 atom stereocenters. The molecule has 3 rings (SSSR count). The third-order valence-electron chi connectivity index (χ3n) is 4.03. The van der Waals surface area contributed by atoms with Crippen LogP contribution in [0.25, 0.3) is 0 Å². The summed E-state index contributed by atoms with van der Waals surface area (Å²) in [6, 6.07) is 10.2. The molecule has 1 heterocycles. The molecule has 0 saturated carbocycles. The number of ether oxygens (including phenoxy) is 2. The molecule has 2 amide bonds. The van der Waals surface area contributed by atoms with Crippen LogP contribution < -0.4 is 4.74 Å². The van der Waals surface area contributed by atoms with Gasteiger partial charge in [-0.15, -0.1) is 0 Å². The van der Waals surface area contributed by atoms with Gasteiger partial charge in [0.25, 0.3) is 17.5 Å². The molecule has 138 valence electrons. The Morgan fingerprint density at radius 1 is 1.11 bits per heavy atom. The summed E-state index contributed by atoms with van der Waals surface area (Å²) in [4.78, 5) is 47.7. The molecular weight excluding hydrogens is 356 g/mol. The summed E-state index contributed by atoms with van der Waals surface area (Å²) < 4.78 is 10.2. The van der Waals surface area contributed by atoms with E-state index < -0.39 is 29.3 Å². The highest BCUT2D eigenvalue weighted by Crippen LogP contribution is 2.25. The predicted molar refractivity (Wildman–Crippen MR) is 91.3 cm³/mol. The molecule has 9 heteroatoms. The van der Waals surface area contributed by atoms with Crippen molar-refractivity contribution in [2.45, 2.75) is 6.61 Å². The molecule has 9 nitrogen and oxygen atoms in total. The zero-order chi connectivity index (χ0) is 19.6. The number of hydrogen-bond donors (Lipinski definition) is 0. The fourth-order valence-corrected chi connectivity index (χ4v) is 2.71. The zero-order valence-corrected chi connectivity index (χ0v) is 14.2. The first-order chi connectivity index (χ1) is 12.9. The van der Waals surface area contributed by atoms with Gasteiger partial charge in [-0.2, -0.15) is 0 Å². The molecule has 0 unspecified atom stereocenters. The molecule has 2 aromatic rings. The van der Waals surface area contributed by atoms with Gasteiger partial charge in [0.2, 0.25) is 0 Å². The van der Waals surface area contributed by atoms with Crippen molar-refractivity contribution in [1.29, 1.82) is 0 Å². The second-order valence-corrected chi connectivity index (χ2v) is 5.66. The van der Waals surface area contributed by atoms with E-state index in [0.717, 1.165) is 4.90 Å². The summed E-state index contributed by atoms with van der Waals surface area (Å²) in [6.45, 7) is -0.851. The Hall–Kier alpha value is -3.75. The van der Waals surface area contributed by atoms with E-state index in [9.17, 15) is 24.5 Å². The van der Waals surface area contributed by atoms with Crippen molar-refractivity contribution < 1.29 is 28.8 Å². The third kappa shape index (κ3) is 3.47. The minimum atomic E-state index is -0.821. The second kappa shape index (κ2) is 7.24. The number of non-ortho nitro benzene ring substituents is 1. The number of rotatable bonds is 6. The van der Waals surface area contributed by atoms with Gasteiger partial charge in [-0.3, -0.25) is 29.4 Å². The van der Waals surface area contributed by atoms with E-state index in [2.05, 4.69) is 0 Å². The van der Waals surface area contributed by atoms with Gasteiger partial charge in [-0.25, -0.2) is 0 Å². The van der Waals surface area contributed by atoms with E-state index >= 15 is 0 Å². The third-order valence-corrected chi connectivity index (χ3v) is 4.03. The molecule has 0 fully saturated rings. The van der Waals surface area contributed by atoms with Gasteiger partial charge in [0.05, 0.1) is 23.2 Å². The van der Waals surface area contributed by atoms with E-state index in [1.807, 2.05) is 0 Å². The van der Waals surface area contributed by atoms with Crippen LogP contribution in [0.2, 0.25) is 0 Å². The van der Waals surface area contributed by atoms with Crippen molar-refractivity contribution in [2.75, 3.05) is 13.7 Å². The highest BCUT2D eigenvalue weighted by atomic mass is 16.6. The first-order valence-electron chi connectivity index (χ1n) is 7.84. The van der Waals surface area contributed by atoms with Gasteiger partial charge in [0, 0.05) is 17.7 Å². The topological polar surface area (TPSA) is 116 Å². The van der Waals surface area contributed by atoms with Crippen molar-refractivity contribution in [2.24, 2.45) is 0 Å². The summed E-state index contributed by atoms with van der Waals surface area (Å²) in [6.07, 6.45) is 0. The lowest BCUT2D eigenvalue weighted by Gasteiger charge is -2.14. The summed E-state index contributed by atoms with van der Waals surface area (Å²) >= 11 is 0. The smallest absolute Gasteiger partial charge is 0.326 e. The minimum Gasteiger partial charge on any atom is -0.496 e. The Balaban J connectivity index is 1.68. The molecule has 0 radical (unpaired) electrons. The molecule has 27 heavy (non-hydrogen) atoms. The standard InChI is InChI=1S/C18H14N2O7/c1-26-15-7-6-12(20(24)25)8-11(15)10-27-16(21)9-19-17(22)13-4-2-3-5-14(13)18(19)23/h2-8H,9-10H2,1H3. The number of imide groups is 1. The van der Waals surface area contributed by atoms with Crippen LogP contribution in [0.15, 0.2) is 42.5 Å². The van der Waals surface area contributed by atoms with E-state index in [1.54, 1.807) is 12.1 Å². The van der Waals surface area contributed by atoms with E-state index in [0.29, 0.717) is 11.3 Å². The Labute approximate surface area is 153 Å². The van der Waals surface area contributed by atoms with E-state index in [1.165, 1.54) is 37.4 Å². The molecule has 2 aromatic carbocycles. The molecule has 1 aliphatic heterocycles. The second-order valence-electron chi connectivity index (χ2n) is 5.66. The Bertz CT molecular complexity index is 919. The van der Waals surface area contributed by atoms with Crippen molar-refractivity contribution in [1.82, 2.24) is 4.90 Å². The maximum atomic E-state index is 12.2. The number of fused-ring (bicyclic) bond motifs is 1. The summed E-state index contributed by atoms with van der Waals surface area (Å²) in [5.74, 6) is -1.65. The van der Waals surface area contributed by atoms with Crippen molar-refractivity contribution >= 4 is 23.5 Å². The quantitative estimate of drug-likeness (QED) is 0.330. The lowest BCUT2D eigenvalue weighted by molar-refractivity contribution is -0.385. The first kappa shape index (κ1) is 18.1. The van der Waals surface area contributed by atoms with Crippen LogP contribution in [-0.4, -0.2) is 41.3 Å². The highest BCUT2D eigenvalue weighted by molar-refractivity contribution is 6.22. The monoisotopic (exact) mass is 370 g/mol. The average Bonchev–Trinajstić information content (AvgIpc) is 2.91. The van der Waals surface area contributed by atoms with Crippen LogP contribution in [0.5, 0.6) is 5.75 Å². The number of esters is 1. The highest BCUT2D eigenvalue weighted by Gasteiger charge is 2.36. The molecule has 0 aromatic heterocycles. The number of nitro groups is 1. The average molecular weight is 370 g/mol. The number of benzene rings is 2.